The number of rotatable bonds is 1. The lowest BCUT2D eigenvalue weighted by Crippen LogP contribution is -2.72. The zero-order chi connectivity index (χ0) is 15.0. The minimum absolute atomic E-state index is 0.0311. The van der Waals surface area contributed by atoms with Gasteiger partial charge in [0.05, 0.1) is 12.1 Å². The van der Waals surface area contributed by atoms with E-state index < -0.39 is 15.7 Å². The summed E-state index contributed by atoms with van der Waals surface area (Å²) in [6, 6.07) is -0.363. The number of amides is 1. The van der Waals surface area contributed by atoms with E-state index in [4.69, 9.17) is 0 Å². The maximum atomic E-state index is 13.1. The van der Waals surface area contributed by atoms with Crippen LogP contribution in [-0.2, 0) is 9.59 Å². The van der Waals surface area contributed by atoms with Gasteiger partial charge < -0.3 is 10.0 Å². The molecule has 0 aromatic carbocycles. The van der Waals surface area contributed by atoms with Gasteiger partial charge in [-0.25, -0.2) is 0 Å². The van der Waals surface area contributed by atoms with E-state index in [0.717, 1.165) is 5.57 Å². The highest BCUT2D eigenvalue weighted by molar-refractivity contribution is 8.78. The van der Waals surface area contributed by atoms with Crippen LogP contribution in [-0.4, -0.2) is 43.5 Å². The van der Waals surface area contributed by atoms with Gasteiger partial charge in [-0.2, -0.15) is 0 Å². The molecule has 0 aromatic rings. The third kappa shape index (κ3) is 1.39. The lowest BCUT2D eigenvalue weighted by Gasteiger charge is -2.57. The molecule has 5 atom stereocenters. The van der Waals surface area contributed by atoms with Crippen molar-refractivity contribution in [2.24, 2.45) is 5.92 Å². The number of carbonyl (C=O) groups is 2. The highest BCUT2D eigenvalue weighted by Gasteiger charge is 2.72. The maximum absolute atomic E-state index is 13.1. The highest BCUT2D eigenvalue weighted by Crippen LogP contribution is 2.67. The van der Waals surface area contributed by atoms with Gasteiger partial charge in [-0.15, -0.1) is 0 Å². The van der Waals surface area contributed by atoms with Crippen LogP contribution in [0.25, 0.3) is 0 Å². The number of ketones is 1. The molecule has 4 nitrogen and oxygen atoms in total. The number of piperidine rings is 1. The van der Waals surface area contributed by atoms with Crippen molar-refractivity contribution in [3.63, 3.8) is 0 Å². The predicted octanol–water partition coefficient (Wildman–Crippen LogP) is 1.90. The molecule has 21 heavy (non-hydrogen) atoms. The molecule has 4 saturated heterocycles. The number of allylic oxidation sites excluding steroid dienone is 2. The van der Waals surface area contributed by atoms with Crippen molar-refractivity contribution in [3.8, 4) is 0 Å². The molecule has 0 saturated carbocycles. The smallest absolute Gasteiger partial charge is 0.242 e. The Labute approximate surface area is 131 Å². The summed E-state index contributed by atoms with van der Waals surface area (Å²) in [5, 5.41) is 10.3. The van der Waals surface area contributed by atoms with Crippen molar-refractivity contribution < 1.29 is 14.7 Å². The largest absolute Gasteiger partial charge is 0.387 e. The van der Waals surface area contributed by atoms with Gasteiger partial charge in [0.15, 0.2) is 10.7 Å². The standard InChI is InChI=1S/C15H17NO3S2/c1-3-14-8(2)12(18)15(21-20-14)7-9-5-4-6-10(17)11(9)16(15)13(14)19/h4-6,8,10-11,17H,3,7H2,1-2H3/t8?,10-,11-,14+,15+/m0/s1. The summed E-state index contributed by atoms with van der Waals surface area (Å²) in [4.78, 5) is 27.0. The number of carbonyl (C=O) groups excluding carboxylic acids is 2. The summed E-state index contributed by atoms with van der Waals surface area (Å²) in [5.41, 5.74) is 1.00. The molecule has 1 aliphatic carbocycles. The molecule has 4 heterocycles. The number of aliphatic hydroxyl groups excluding tert-OH is 1. The summed E-state index contributed by atoms with van der Waals surface area (Å²) < 4.78 is -0.667. The van der Waals surface area contributed by atoms with Crippen LogP contribution in [0.5, 0.6) is 0 Å². The Bertz CT molecular complexity index is 616. The normalized spacial score (nSPS) is 47.5. The van der Waals surface area contributed by atoms with Crippen molar-refractivity contribution in [2.75, 3.05) is 0 Å². The summed E-state index contributed by atoms with van der Waals surface area (Å²) >= 11 is 0. The Balaban J connectivity index is 1.90. The molecule has 1 N–H and O–H groups in total. The topological polar surface area (TPSA) is 57.6 Å². The van der Waals surface area contributed by atoms with E-state index in [1.54, 1.807) is 21.8 Å². The summed E-state index contributed by atoms with van der Waals surface area (Å²) in [7, 11) is 3.10. The fourth-order valence-electron chi connectivity index (χ4n) is 4.10. The minimum atomic E-state index is -0.804. The van der Waals surface area contributed by atoms with Crippen molar-refractivity contribution in [1.29, 1.82) is 0 Å². The zero-order valence-corrected chi connectivity index (χ0v) is 13.5. The van der Waals surface area contributed by atoms with Crippen LogP contribution >= 0.6 is 21.6 Å². The van der Waals surface area contributed by atoms with Gasteiger partial charge >= 0.3 is 0 Å². The van der Waals surface area contributed by atoms with Crippen LogP contribution in [0.3, 0.4) is 0 Å². The third-order valence-corrected chi connectivity index (χ3v) is 9.33. The van der Waals surface area contributed by atoms with E-state index in [-0.39, 0.29) is 23.7 Å². The lowest BCUT2D eigenvalue weighted by molar-refractivity contribution is -0.155. The molecule has 1 spiro atoms. The average Bonchev–Trinajstić information content (AvgIpc) is 2.83. The predicted molar refractivity (Wildman–Crippen MR) is 83.6 cm³/mol. The van der Waals surface area contributed by atoms with E-state index in [1.165, 1.54) is 10.8 Å². The van der Waals surface area contributed by atoms with Crippen LogP contribution in [0, 0.1) is 5.92 Å². The second kappa shape index (κ2) is 4.18. The van der Waals surface area contributed by atoms with Crippen molar-refractivity contribution >= 4 is 33.3 Å². The van der Waals surface area contributed by atoms with E-state index in [1.807, 2.05) is 26.0 Å². The Morgan fingerprint density at radius 1 is 1.43 bits per heavy atom. The van der Waals surface area contributed by atoms with Crippen LogP contribution in [0.15, 0.2) is 23.8 Å². The van der Waals surface area contributed by atoms with Gasteiger partial charge in [-0.05, 0) is 12.0 Å². The first-order valence-corrected chi connectivity index (χ1v) is 9.43. The molecule has 0 aromatic heterocycles. The fraction of sp³-hybridized carbons (Fsp3) is 0.600. The number of Topliss-reactive ketones (excluding diaryl/α,β-unsaturated/α-hetero) is 1. The second-order valence-electron chi connectivity index (χ2n) is 6.19. The van der Waals surface area contributed by atoms with Crippen LogP contribution in [0.1, 0.15) is 26.7 Å². The molecule has 4 aliphatic heterocycles. The SMILES string of the molecule is CC[C@]12SS[C@]3(CC4=CC=C[C@H](O)[C@H]4N3C1=O)C(=O)C2C. The minimum Gasteiger partial charge on any atom is -0.387 e. The van der Waals surface area contributed by atoms with Crippen LogP contribution < -0.4 is 0 Å². The number of hydrogen-bond donors (Lipinski definition) is 1. The van der Waals surface area contributed by atoms with E-state index in [2.05, 4.69) is 0 Å². The van der Waals surface area contributed by atoms with Crippen molar-refractivity contribution in [2.45, 2.75) is 48.5 Å². The summed E-state index contributed by atoms with van der Waals surface area (Å²) in [5.74, 6) is -0.0813. The molecule has 2 bridgehead atoms. The number of aliphatic hydroxyl groups is 1. The Morgan fingerprint density at radius 2 is 2.19 bits per heavy atom. The van der Waals surface area contributed by atoms with Crippen LogP contribution in [0.4, 0.5) is 0 Å². The average molecular weight is 323 g/mol. The summed E-state index contributed by atoms with van der Waals surface area (Å²) in [6.45, 7) is 3.86. The monoisotopic (exact) mass is 323 g/mol. The van der Waals surface area contributed by atoms with Crippen LogP contribution in [0.2, 0.25) is 0 Å². The molecule has 1 amide bonds. The molecule has 4 fully saturated rings. The van der Waals surface area contributed by atoms with Gasteiger partial charge in [0.1, 0.15) is 4.75 Å². The summed E-state index contributed by atoms with van der Waals surface area (Å²) in [6.07, 6.45) is 5.95. The molecular weight excluding hydrogens is 306 g/mol. The zero-order valence-electron chi connectivity index (χ0n) is 11.9. The number of fused-ring (bicyclic) bond motifs is 3. The van der Waals surface area contributed by atoms with Gasteiger partial charge in [-0.1, -0.05) is 53.7 Å². The Hall–Kier alpha value is -0.720. The van der Waals surface area contributed by atoms with Crippen molar-refractivity contribution in [1.82, 2.24) is 4.90 Å². The lowest BCUT2D eigenvalue weighted by atomic mass is 9.78. The number of nitrogens with zero attached hydrogens (tertiary/aromatic N) is 1. The quantitative estimate of drug-likeness (QED) is 0.747. The second-order valence-corrected chi connectivity index (χ2v) is 8.93. The number of hydrogen-bond acceptors (Lipinski definition) is 5. The fourth-order valence-corrected chi connectivity index (χ4v) is 8.21. The molecule has 5 aliphatic rings. The van der Waals surface area contributed by atoms with Gasteiger partial charge in [0, 0.05) is 12.3 Å². The third-order valence-electron chi connectivity index (χ3n) is 5.35. The van der Waals surface area contributed by atoms with Gasteiger partial charge in [0.25, 0.3) is 0 Å². The molecule has 6 heteroatoms. The molecular formula is C15H17NO3S2. The molecule has 5 rings (SSSR count). The van der Waals surface area contributed by atoms with E-state index in [9.17, 15) is 14.7 Å². The first-order chi connectivity index (χ1) is 9.98. The van der Waals surface area contributed by atoms with E-state index in [0.29, 0.717) is 12.8 Å². The van der Waals surface area contributed by atoms with Crippen molar-refractivity contribution in [3.05, 3.63) is 23.8 Å². The maximum Gasteiger partial charge on any atom is 0.242 e. The molecule has 112 valence electrons. The Kier molecular flexibility index (Phi) is 2.77. The molecule has 1 unspecified atom stereocenters. The molecule has 0 radical (unpaired) electrons. The van der Waals surface area contributed by atoms with Gasteiger partial charge in [0.2, 0.25) is 5.91 Å². The highest BCUT2D eigenvalue weighted by atomic mass is 33.1. The van der Waals surface area contributed by atoms with Gasteiger partial charge in [-0.3, -0.25) is 9.59 Å². The Morgan fingerprint density at radius 3 is 2.90 bits per heavy atom. The van der Waals surface area contributed by atoms with E-state index >= 15 is 0 Å². The first kappa shape index (κ1) is 13.9. The first-order valence-electron chi connectivity index (χ1n) is 7.28.